The van der Waals surface area contributed by atoms with Gasteiger partial charge in [-0.05, 0) is 24.1 Å². The minimum Gasteiger partial charge on any atom is -0.382 e. The summed E-state index contributed by atoms with van der Waals surface area (Å²) in [6, 6.07) is 8.17. The third-order valence-corrected chi connectivity index (χ3v) is 2.94. The van der Waals surface area contributed by atoms with Crippen molar-refractivity contribution >= 4 is 28.9 Å². The minimum atomic E-state index is 0.275. The molecule has 1 aromatic carbocycles. The van der Waals surface area contributed by atoms with E-state index in [-0.39, 0.29) is 5.82 Å². The zero-order chi connectivity index (χ0) is 13.0. The van der Waals surface area contributed by atoms with Crippen LogP contribution in [0.2, 0.25) is 5.02 Å². The predicted octanol–water partition coefficient (Wildman–Crippen LogP) is 3.41. The standard InChI is InChI=1S/C13H15ClN4/c1-2-3-9-4-6-10(7-5-9)18-13-11(14)12(15)16-8-17-13/h4-8H,2-3H2,1H3,(H3,15,16,17,18). The van der Waals surface area contributed by atoms with E-state index in [4.69, 9.17) is 17.3 Å². The summed E-state index contributed by atoms with van der Waals surface area (Å²) in [5.41, 5.74) is 7.86. The second kappa shape index (κ2) is 5.69. The first-order chi connectivity index (χ1) is 8.70. The Kier molecular flexibility index (Phi) is 3.99. The monoisotopic (exact) mass is 262 g/mol. The second-order valence-corrected chi connectivity index (χ2v) is 4.37. The molecule has 0 saturated heterocycles. The van der Waals surface area contributed by atoms with E-state index < -0.39 is 0 Å². The number of nitrogen functional groups attached to an aromatic ring is 1. The van der Waals surface area contributed by atoms with Crippen LogP contribution in [0.5, 0.6) is 0 Å². The van der Waals surface area contributed by atoms with E-state index in [1.807, 2.05) is 12.1 Å². The van der Waals surface area contributed by atoms with Gasteiger partial charge in [-0.3, -0.25) is 0 Å². The molecule has 1 heterocycles. The Morgan fingerprint density at radius 2 is 1.94 bits per heavy atom. The third kappa shape index (κ3) is 2.90. The van der Waals surface area contributed by atoms with E-state index in [1.165, 1.54) is 11.9 Å². The Morgan fingerprint density at radius 3 is 2.61 bits per heavy atom. The van der Waals surface area contributed by atoms with E-state index in [2.05, 4.69) is 34.3 Å². The fourth-order valence-corrected chi connectivity index (χ4v) is 1.80. The van der Waals surface area contributed by atoms with Crippen molar-refractivity contribution in [1.29, 1.82) is 0 Å². The average molecular weight is 263 g/mol. The molecule has 2 aromatic rings. The number of hydrogen-bond donors (Lipinski definition) is 2. The van der Waals surface area contributed by atoms with E-state index in [0.29, 0.717) is 10.8 Å². The van der Waals surface area contributed by atoms with E-state index >= 15 is 0 Å². The molecule has 0 atom stereocenters. The van der Waals surface area contributed by atoms with Gasteiger partial charge in [0.05, 0.1) is 0 Å². The largest absolute Gasteiger partial charge is 0.382 e. The van der Waals surface area contributed by atoms with Gasteiger partial charge in [-0.1, -0.05) is 37.1 Å². The van der Waals surface area contributed by atoms with Crippen molar-refractivity contribution in [2.24, 2.45) is 0 Å². The molecule has 4 nitrogen and oxygen atoms in total. The van der Waals surface area contributed by atoms with Crippen molar-refractivity contribution in [3.05, 3.63) is 41.2 Å². The highest BCUT2D eigenvalue weighted by molar-refractivity contribution is 6.35. The van der Waals surface area contributed by atoms with E-state index in [9.17, 15) is 0 Å². The number of hydrogen-bond acceptors (Lipinski definition) is 4. The molecule has 0 bridgehead atoms. The lowest BCUT2D eigenvalue weighted by atomic mass is 10.1. The van der Waals surface area contributed by atoms with Gasteiger partial charge in [0.2, 0.25) is 0 Å². The number of rotatable bonds is 4. The van der Waals surface area contributed by atoms with Gasteiger partial charge in [0.25, 0.3) is 0 Å². The lowest BCUT2D eigenvalue weighted by Crippen LogP contribution is -1.99. The lowest BCUT2D eigenvalue weighted by Gasteiger charge is -2.08. The van der Waals surface area contributed by atoms with E-state index in [1.54, 1.807) is 0 Å². The maximum Gasteiger partial charge on any atom is 0.154 e. The zero-order valence-corrected chi connectivity index (χ0v) is 10.9. The van der Waals surface area contributed by atoms with Crippen LogP contribution in [-0.4, -0.2) is 9.97 Å². The molecule has 18 heavy (non-hydrogen) atoms. The first-order valence-electron chi connectivity index (χ1n) is 5.82. The first kappa shape index (κ1) is 12.6. The van der Waals surface area contributed by atoms with Gasteiger partial charge in [0, 0.05) is 5.69 Å². The Balaban J connectivity index is 2.16. The summed E-state index contributed by atoms with van der Waals surface area (Å²) in [7, 11) is 0. The molecule has 1 aromatic heterocycles. The van der Waals surface area contributed by atoms with Crippen LogP contribution in [0.4, 0.5) is 17.3 Å². The van der Waals surface area contributed by atoms with Gasteiger partial charge in [0.15, 0.2) is 5.82 Å². The Hall–Kier alpha value is -1.81. The van der Waals surface area contributed by atoms with Crippen LogP contribution in [0.3, 0.4) is 0 Å². The number of nitrogens with two attached hydrogens (primary N) is 1. The van der Waals surface area contributed by atoms with Crippen LogP contribution in [0, 0.1) is 0 Å². The van der Waals surface area contributed by atoms with Crippen molar-refractivity contribution in [3.8, 4) is 0 Å². The summed E-state index contributed by atoms with van der Waals surface area (Å²) >= 11 is 6.01. The molecular weight excluding hydrogens is 248 g/mol. The number of halogens is 1. The highest BCUT2D eigenvalue weighted by Crippen LogP contribution is 2.26. The van der Waals surface area contributed by atoms with Gasteiger partial charge < -0.3 is 11.1 Å². The fraction of sp³-hybridized carbons (Fsp3) is 0.231. The van der Waals surface area contributed by atoms with Gasteiger partial charge >= 0.3 is 0 Å². The molecule has 0 aliphatic carbocycles. The van der Waals surface area contributed by atoms with Crippen LogP contribution in [-0.2, 0) is 6.42 Å². The molecule has 0 saturated carbocycles. The summed E-state index contributed by atoms with van der Waals surface area (Å²) in [6.45, 7) is 2.16. The highest BCUT2D eigenvalue weighted by atomic mass is 35.5. The molecular formula is C13H15ClN4. The van der Waals surface area contributed by atoms with Crippen LogP contribution in [0.25, 0.3) is 0 Å². The topological polar surface area (TPSA) is 63.8 Å². The fourth-order valence-electron chi connectivity index (χ4n) is 1.65. The molecule has 0 fully saturated rings. The van der Waals surface area contributed by atoms with Gasteiger partial charge in [-0.15, -0.1) is 0 Å². The maximum atomic E-state index is 6.01. The predicted molar refractivity (Wildman–Crippen MR) is 75.2 cm³/mol. The van der Waals surface area contributed by atoms with Crippen LogP contribution in [0.15, 0.2) is 30.6 Å². The van der Waals surface area contributed by atoms with Crippen LogP contribution >= 0.6 is 11.6 Å². The molecule has 0 radical (unpaired) electrons. The molecule has 2 rings (SSSR count). The van der Waals surface area contributed by atoms with Crippen LogP contribution < -0.4 is 11.1 Å². The number of aryl methyl sites for hydroxylation is 1. The molecule has 0 spiro atoms. The smallest absolute Gasteiger partial charge is 0.154 e. The summed E-state index contributed by atoms with van der Waals surface area (Å²) in [4.78, 5) is 7.87. The molecule has 5 heteroatoms. The van der Waals surface area contributed by atoms with Gasteiger partial charge in [-0.25, -0.2) is 9.97 Å². The van der Waals surface area contributed by atoms with E-state index in [0.717, 1.165) is 18.5 Å². The number of nitrogens with one attached hydrogen (secondary N) is 1. The Labute approximate surface area is 111 Å². The van der Waals surface area contributed by atoms with Gasteiger partial charge in [-0.2, -0.15) is 0 Å². The SMILES string of the molecule is CCCc1ccc(Nc2ncnc(N)c2Cl)cc1. The Morgan fingerprint density at radius 1 is 1.22 bits per heavy atom. The quantitative estimate of drug-likeness (QED) is 0.886. The first-order valence-corrected chi connectivity index (χ1v) is 6.20. The van der Waals surface area contributed by atoms with Crippen molar-refractivity contribution < 1.29 is 0 Å². The average Bonchev–Trinajstić information content (AvgIpc) is 2.38. The molecule has 0 aliphatic rings. The molecule has 0 amide bonds. The molecule has 0 unspecified atom stereocenters. The zero-order valence-electron chi connectivity index (χ0n) is 10.2. The molecule has 0 aliphatic heterocycles. The summed E-state index contributed by atoms with van der Waals surface area (Å²) in [5.74, 6) is 0.796. The number of aromatic nitrogens is 2. The summed E-state index contributed by atoms with van der Waals surface area (Å²) in [6.07, 6.45) is 3.61. The van der Waals surface area contributed by atoms with Crippen LogP contribution in [0.1, 0.15) is 18.9 Å². The third-order valence-electron chi connectivity index (χ3n) is 2.57. The maximum absolute atomic E-state index is 6.01. The van der Waals surface area contributed by atoms with Crippen molar-refractivity contribution in [2.75, 3.05) is 11.1 Å². The lowest BCUT2D eigenvalue weighted by molar-refractivity contribution is 0.922. The number of benzene rings is 1. The normalized spacial score (nSPS) is 10.3. The Bertz CT molecular complexity index is 525. The number of nitrogens with zero attached hydrogens (tertiary/aromatic N) is 2. The summed E-state index contributed by atoms with van der Waals surface area (Å²) in [5, 5.41) is 3.46. The minimum absolute atomic E-state index is 0.275. The highest BCUT2D eigenvalue weighted by Gasteiger charge is 2.06. The summed E-state index contributed by atoms with van der Waals surface area (Å²) < 4.78 is 0. The van der Waals surface area contributed by atoms with Crippen molar-refractivity contribution in [2.45, 2.75) is 19.8 Å². The van der Waals surface area contributed by atoms with Crippen molar-refractivity contribution in [3.63, 3.8) is 0 Å². The molecule has 94 valence electrons. The van der Waals surface area contributed by atoms with Gasteiger partial charge in [0.1, 0.15) is 17.2 Å². The second-order valence-electron chi connectivity index (χ2n) is 3.99. The number of anilines is 3. The van der Waals surface area contributed by atoms with Crippen molar-refractivity contribution in [1.82, 2.24) is 9.97 Å². The molecule has 3 N–H and O–H groups in total.